The second-order valence-corrected chi connectivity index (χ2v) is 7.44. The molecule has 0 aliphatic heterocycles. The third-order valence-corrected chi connectivity index (χ3v) is 5.29. The van der Waals surface area contributed by atoms with Crippen molar-refractivity contribution in [3.8, 4) is 0 Å². The van der Waals surface area contributed by atoms with Gasteiger partial charge in [-0.2, -0.15) is 4.39 Å². The maximum Gasteiger partial charge on any atom is 0.328 e. The minimum absolute atomic E-state index is 0.114. The first kappa shape index (κ1) is 22.4. The molecule has 1 aliphatic carbocycles. The molecule has 3 unspecified atom stereocenters. The molecule has 9 heteroatoms. The number of benzene rings is 2. The Morgan fingerprint density at radius 3 is 2.52 bits per heavy atom. The van der Waals surface area contributed by atoms with Crippen molar-refractivity contribution in [1.29, 1.82) is 0 Å². The topological polar surface area (TPSA) is 119 Å². The summed E-state index contributed by atoms with van der Waals surface area (Å²) >= 11 is 0. The number of nitrogens with one attached hydrogen (secondary N) is 1. The highest BCUT2D eigenvalue weighted by atomic mass is 19.1. The molecular weight excluding hydrogens is 407 g/mol. The summed E-state index contributed by atoms with van der Waals surface area (Å²) in [5.41, 5.74) is -1.33. The number of halogens is 1. The Morgan fingerprint density at radius 2 is 1.87 bits per heavy atom. The molecule has 2 aromatic rings. The van der Waals surface area contributed by atoms with Gasteiger partial charge in [0.25, 0.3) is 0 Å². The number of esters is 1. The molecule has 1 fully saturated rings. The molecule has 0 aromatic heterocycles. The summed E-state index contributed by atoms with van der Waals surface area (Å²) in [6, 6.07) is 9.86. The number of aliphatic hydroxyl groups is 1. The Balaban J connectivity index is 1.91. The van der Waals surface area contributed by atoms with Gasteiger partial charge in [0.15, 0.2) is 5.78 Å². The number of anilines is 1. The lowest BCUT2D eigenvalue weighted by molar-refractivity contribution is -0.386. The van der Waals surface area contributed by atoms with Crippen molar-refractivity contribution in [2.45, 2.75) is 50.9 Å². The second-order valence-electron chi connectivity index (χ2n) is 7.44. The van der Waals surface area contributed by atoms with Gasteiger partial charge in [0, 0.05) is 6.92 Å². The Labute approximate surface area is 178 Å². The van der Waals surface area contributed by atoms with Crippen molar-refractivity contribution in [2.24, 2.45) is 0 Å². The third-order valence-electron chi connectivity index (χ3n) is 5.29. The second kappa shape index (κ2) is 9.65. The number of ketones is 1. The monoisotopic (exact) mass is 430 g/mol. The van der Waals surface area contributed by atoms with Crippen molar-refractivity contribution >= 4 is 23.1 Å². The van der Waals surface area contributed by atoms with Crippen molar-refractivity contribution in [3.63, 3.8) is 0 Å². The number of hydrogen-bond donors (Lipinski definition) is 2. The number of Topliss-reactive ketones (excluding diaryl/α,β-unsaturated/α-hetero) is 1. The van der Waals surface area contributed by atoms with Crippen molar-refractivity contribution < 1.29 is 28.7 Å². The number of rotatable bonds is 7. The number of hydrogen-bond acceptors (Lipinski definition) is 7. The van der Waals surface area contributed by atoms with Crippen LogP contribution in [0.15, 0.2) is 42.5 Å². The SMILES string of the molecule is CC(=O)OC1CCCCC1Nc1ccc(C(=O)C(O)c2ccccc2)c(F)c1[N+](=O)[O-]. The largest absolute Gasteiger partial charge is 0.460 e. The summed E-state index contributed by atoms with van der Waals surface area (Å²) in [6.45, 7) is 1.28. The van der Waals surface area contributed by atoms with Gasteiger partial charge in [-0.1, -0.05) is 36.8 Å². The Morgan fingerprint density at radius 1 is 1.19 bits per heavy atom. The molecule has 1 aliphatic rings. The van der Waals surface area contributed by atoms with E-state index in [0.717, 1.165) is 18.9 Å². The zero-order chi connectivity index (χ0) is 22.5. The molecule has 2 N–H and O–H groups in total. The predicted molar refractivity (Wildman–Crippen MR) is 110 cm³/mol. The van der Waals surface area contributed by atoms with Crippen LogP contribution in [-0.4, -0.2) is 33.9 Å². The van der Waals surface area contributed by atoms with Gasteiger partial charge in [-0.25, -0.2) is 0 Å². The molecular formula is C22H23FN2O6. The smallest absolute Gasteiger partial charge is 0.328 e. The quantitative estimate of drug-likeness (QED) is 0.296. The number of nitro benzene ring substituents is 1. The van der Waals surface area contributed by atoms with E-state index in [1.165, 1.54) is 25.1 Å². The predicted octanol–water partition coefficient (Wildman–Crippen LogP) is 3.94. The molecule has 0 amide bonds. The van der Waals surface area contributed by atoms with Gasteiger partial charge < -0.3 is 15.2 Å². The summed E-state index contributed by atoms with van der Waals surface area (Å²) in [4.78, 5) is 34.7. The Bertz CT molecular complexity index is 981. The summed E-state index contributed by atoms with van der Waals surface area (Å²) in [5, 5.41) is 24.8. The van der Waals surface area contributed by atoms with E-state index in [1.807, 2.05) is 0 Å². The molecule has 8 nitrogen and oxygen atoms in total. The summed E-state index contributed by atoms with van der Waals surface area (Å²) < 4.78 is 20.4. The molecule has 164 valence electrons. The van der Waals surface area contributed by atoms with Crippen LogP contribution in [0.25, 0.3) is 0 Å². The highest BCUT2D eigenvalue weighted by molar-refractivity contribution is 6.01. The number of carbonyl (C=O) groups is 2. The summed E-state index contributed by atoms with van der Waals surface area (Å²) in [6.07, 6.45) is 0.705. The van der Waals surface area contributed by atoms with Crippen molar-refractivity contribution in [3.05, 3.63) is 69.5 Å². The normalized spacial score (nSPS) is 19.3. The zero-order valence-corrected chi connectivity index (χ0v) is 16.9. The van der Waals surface area contributed by atoms with Crippen LogP contribution in [0.4, 0.5) is 15.8 Å². The molecule has 31 heavy (non-hydrogen) atoms. The van der Waals surface area contributed by atoms with E-state index in [-0.39, 0.29) is 11.3 Å². The third kappa shape index (κ3) is 5.05. The molecule has 2 aromatic carbocycles. The molecule has 1 saturated carbocycles. The van der Waals surface area contributed by atoms with Crippen molar-refractivity contribution in [2.75, 3.05) is 5.32 Å². The molecule has 0 spiro atoms. The number of nitro groups is 1. The van der Waals surface area contributed by atoms with Gasteiger partial charge in [0.05, 0.1) is 16.5 Å². The van der Waals surface area contributed by atoms with Crippen molar-refractivity contribution in [1.82, 2.24) is 0 Å². The molecule has 0 bridgehead atoms. The lowest BCUT2D eigenvalue weighted by Crippen LogP contribution is -2.39. The fourth-order valence-electron chi connectivity index (χ4n) is 3.80. The standard InChI is InChI=1S/C22H23FN2O6/c1-13(26)31-18-10-6-5-9-16(18)24-17-12-11-15(19(23)20(17)25(29)30)22(28)21(27)14-7-3-2-4-8-14/h2-4,7-8,11-12,16,18,21,24,27H,5-6,9-10H2,1H3. The zero-order valence-electron chi connectivity index (χ0n) is 16.9. The lowest BCUT2D eigenvalue weighted by atomic mass is 9.91. The first-order chi connectivity index (χ1) is 14.8. The van der Waals surface area contributed by atoms with Crippen LogP contribution in [0.3, 0.4) is 0 Å². The first-order valence-corrected chi connectivity index (χ1v) is 9.97. The van der Waals surface area contributed by atoms with E-state index in [1.54, 1.807) is 18.2 Å². The van der Waals surface area contributed by atoms with Gasteiger partial charge in [0.1, 0.15) is 17.9 Å². The summed E-state index contributed by atoms with van der Waals surface area (Å²) in [5.74, 6) is -2.76. The van der Waals surface area contributed by atoms with E-state index < -0.39 is 52.0 Å². The van der Waals surface area contributed by atoms with Crippen LogP contribution in [0.1, 0.15) is 54.6 Å². The van der Waals surface area contributed by atoms with E-state index in [4.69, 9.17) is 4.74 Å². The number of ether oxygens (including phenoxy) is 1. The molecule has 0 radical (unpaired) electrons. The van der Waals surface area contributed by atoms with Crippen LogP contribution in [-0.2, 0) is 9.53 Å². The number of nitrogens with zero attached hydrogens (tertiary/aromatic N) is 1. The number of carbonyl (C=O) groups excluding carboxylic acids is 2. The van der Waals surface area contributed by atoms with Gasteiger partial charge in [-0.15, -0.1) is 0 Å². The lowest BCUT2D eigenvalue weighted by Gasteiger charge is -2.32. The van der Waals surface area contributed by atoms with Crippen LogP contribution >= 0.6 is 0 Å². The maximum atomic E-state index is 15.1. The average molecular weight is 430 g/mol. The van der Waals surface area contributed by atoms with E-state index >= 15 is 4.39 Å². The van der Waals surface area contributed by atoms with Crippen LogP contribution in [0, 0.1) is 15.9 Å². The molecule has 0 heterocycles. The summed E-state index contributed by atoms with van der Waals surface area (Å²) in [7, 11) is 0. The highest BCUT2D eigenvalue weighted by Crippen LogP contribution is 2.34. The van der Waals surface area contributed by atoms with Gasteiger partial charge >= 0.3 is 11.7 Å². The fourth-order valence-corrected chi connectivity index (χ4v) is 3.80. The van der Waals surface area contributed by atoms with E-state index in [9.17, 15) is 24.8 Å². The van der Waals surface area contributed by atoms with E-state index in [0.29, 0.717) is 12.8 Å². The van der Waals surface area contributed by atoms with Crippen LogP contribution in [0.5, 0.6) is 0 Å². The van der Waals surface area contributed by atoms with E-state index in [2.05, 4.69) is 5.32 Å². The molecule has 0 saturated heterocycles. The van der Waals surface area contributed by atoms with Gasteiger partial charge in [-0.05, 0) is 37.0 Å². The average Bonchev–Trinajstić information content (AvgIpc) is 2.74. The fraction of sp³-hybridized carbons (Fsp3) is 0.364. The maximum absolute atomic E-state index is 15.1. The van der Waals surface area contributed by atoms with Gasteiger partial charge in [0.2, 0.25) is 5.82 Å². The minimum atomic E-state index is -1.65. The number of aliphatic hydroxyl groups excluding tert-OH is 1. The van der Waals surface area contributed by atoms with Crippen LogP contribution < -0.4 is 5.32 Å². The molecule has 3 rings (SSSR count). The molecule has 3 atom stereocenters. The highest BCUT2D eigenvalue weighted by Gasteiger charge is 2.33. The van der Waals surface area contributed by atoms with Crippen LogP contribution in [0.2, 0.25) is 0 Å². The first-order valence-electron chi connectivity index (χ1n) is 9.97. The Hall–Kier alpha value is -3.33. The van der Waals surface area contributed by atoms with Gasteiger partial charge in [-0.3, -0.25) is 19.7 Å². The Kier molecular flexibility index (Phi) is 6.96. The minimum Gasteiger partial charge on any atom is -0.460 e.